The van der Waals surface area contributed by atoms with Crippen molar-refractivity contribution in [1.29, 1.82) is 0 Å². The fourth-order valence-corrected chi connectivity index (χ4v) is 11.6. The van der Waals surface area contributed by atoms with E-state index in [2.05, 4.69) is 134 Å². The first-order chi connectivity index (χ1) is 48.1. The molecule has 3 N–H and O–H groups in total. The zero-order valence-electron chi connectivity index (χ0n) is 56.8. The van der Waals surface area contributed by atoms with Crippen LogP contribution < -0.4 is 30.7 Å². The lowest BCUT2D eigenvalue weighted by Gasteiger charge is -2.14. The van der Waals surface area contributed by atoms with Gasteiger partial charge in [-0.15, -0.1) is 0 Å². The molecule has 15 aromatic rings. The molecular weight excluding hydrogens is 1230 g/mol. The molecule has 0 unspecified atom stereocenters. The largest absolute Gasteiger partial charge is 0.378 e. The average Bonchev–Trinajstić information content (AvgIpc) is 1.64. The van der Waals surface area contributed by atoms with Crippen molar-refractivity contribution in [3.63, 3.8) is 0 Å². The van der Waals surface area contributed by atoms with E-state index in [1.165, 1.54) is 5.56 Å². The highest BCUT2D eigenvalue weighted by molar-refractivity contribution is 5.97. The highest BCUT2D eigenvalue weighted by Crippen LogP contribution is 2.35. The molecule has 0 aliphatic heterocycles. The number of carbonyl (C=O) groups is 1. The SMILES string of the molecule is CC(C)Cn1cc(-c2cnc3c(Nc4cccc(N(C)C)c4)nccn23)cn1.CN(C)c1cccc(Nc2nccn3c(-c4cn(C)nc4-c4cccc(CC(=O)c5ccccc5)c4)cnc23)c1.CN(C)c1cccc(Nc2nccn3c(-c4cnn(Cc5ccccc5)c4)cnc23)c1. The first-order valence-corrected chi connectivity index (χ1v) is 32.5. The fourth-order valence-electron chi connectivity index (χ4n) is 11.6. The monoisotopic (exact) mass is 1310 g/mol. The van der Waals surface area contributed by atoms with Crippen LogP contribution in [0.25, 0.3) is 62.0 Å². The molecule has 0 atom stereocenters. The Morgan fingerprint density at radius 3 is 1.39 bits per heavy atom. The third kappa shape index (κ3) is 15.0. The first-order valence-electron chi connectivity index (χ1n) is 32.5. The number of Topliss-reactive ketones (excluding diaryl/α,β-unsaturated/α-hetero) is 1. The van der Waals surface area contributed by atoms with E-state index in [0.717, 1.165) is 115 Å². The second-order valence-electron chi connectivity index (χ2n) is 25.0. The van der Waals surface area contributed by atoms with Crippen molar-refractivity contribution < 1.29 is 4.79 Å². The van der Waals surface area contributed by atoms with Crippen molar-refractivity contribution in [2.24, 2.45) is 13.0 Å². The number of fused-ring (bicyclic) bond motifs is 3. The van der Waals surface area contributed by atoms with Crippen LogP contribution in [0.1, 0.15) is 35.3 Å². The number of rotatable bonds is 20. The summed E-state index contributed by atoms with van der Waals surface area (Å²) in [5, 5.41) is 24.0. The summed E-state index contributed by atoms with van der Waals surface area (Å²) in [6.45, 7) is 6.00. The molecule has 6 aromatic carbocycles. The Bertz CT molecular complexity index is 5250. The summed E-state index contributed by atoms with van der Waals surface area (Å²) in [6.07, 6.45) is 26.9. The molecule has 22 heteroatoms. The summed E-state index contributed by atoms with van der Waals surface area (Å²) >= 11 is 0. The molecule has 0 bridgehead atoms. The number of aromatic nitrogens is 15. The molecule has 15 rings (SSSR count). The summed E-state index contributed by atoms with van der Waals surface area (Å²) in [6, 6.07) is 52.3. The van der Waals surface area contributed by atoms with Crippen molar-refractivity contribution in [2.75, 3.05) is 72.9 Å². The number of anilines is 9. The molecule has 22 nitrogen and oxygen atoms in total. The van der Waals surface area contributed by atoms with Gasteiger partial charge in [0.15, 0.2) is 40.2 Å². The van der Waals surface area contributed by atoms with Crippen LogP contribution in [0.4, 0.5) is 51.6 Å². The van der Waals surface area contributed by atoms with E-state index in [0.29, 0.717) is 35.2 Å². The predicted molar refractivity (Wildman–Crippen MR) is 396 cm³/mol. The molecule has 9 aromatic heterocycles. The van der Waals surface area contributed by atoms with Gasteiger partial charge in [0.1, 0.15) is 5.69 Å². The Morgan fingerprint density at radius 2 is 0.899 bits per heavy atom. The van der Waals surface area contributed by atoms with Crippen LogP contribution >= 0.6 is 0 Å². The van der Waals surface area contributed by atoms with E-state index in [-0.39, 0.29) is 5.78 Å². The van der Waals surface area contributed by atoms with Gasteiger partial charge in [-0.05, 0) is 77.7 Å². The number of benzene rings is 6. The van der Waals surface area contributed by atoms with Crippen LogP contribution in [0.15, 0.2) is 244 Å². The zero-order valence-corrected chi connectivity index (χ0v) is 56.8. The minimum atomic E-state index is 0.0874. The number of imidazole rings is 3. The average molecular weight is 1310 g/mol. The zero-order chi connectivity index (χ0) is 68.5. The summed E-state index contributed by atoms with van der Waals surface area (Å²) in [5.41, 5.74) is 19.0. The molecule has 0 amide bonds. The summed E-state index contributed by atoms with van der Waals surface area (Å²) in [4.78, 5) is 46.6. The molecular formula is C77H77N21O. The van der Waals surface area contributed by atoms with Crippen molar-refractivity contribution in [1.82, 2.24) is 72.4 Å². The molecule has 0 radical (unpaired) electrons. The lowest BCUT2D eigenvalue weighted by Crippen LogP contribution is -2.08. The minimum absolute atomic E-state index is 0.0874. The van der Waals surface area contributed by atoms with Gasteiger partial charge < -0.3 is 30.7 Å². The number of nitrogens with one attached hydrogen (secondary N) is 3. The fraction of sp³-hybridized carbons (Fsp3) is 0.169. The van der Waals surface area contributed by atoms with E-state index < -0.39 is 0 Å². The maximum absolute atomic E-state index is 12.8. The van der Waals surface area contributed by atoms with Gasteiger partial charge in [0.25, 0.3) is 0 Å². The van der Waals surface area contributed by atoms with Gasteiger partial charge >= 0.3 is 0 Å². The van der Waals surface area contributed by atoms with E-state index in [1.54, 1.807) is 23.3 Å². The number of aryl methyl sites for hydroxylation is 1. The van der Waals surface area contributed by atoms with Crippen molar-refractivity contribution in [2.45, 2.75) is 33.4 Å². The second-order valence-corrected chi connectivity index (χ2v) is 25.0. The highest BCUT2D eigenvalue weighted by Gasteiger charge is 2.20. The standard InChI is InChI=1S/C32H29N7O.C24H23N7.C21H25N7/c1-37(2)26-14-8-13-25(19-26)35-31-32-34-20-28(39(32)16-15-33-31)27-21-38(3)36-30(27)24-12-7-9-22(17-24)18-29(40)23-10-5-4-6-11-23;1-29(2)21-10-6-9-20(13-21)28-23-24-26-15-22(31(24)12-11-25-23)19-14-27-30(17-19)16-18-7-4-3-5-8-18;1-15(2)13-27-14-16(11-24-27)19-12-23-21-20(22-8-9-28(19)21)25-17-6-5-7-18(10-17)26(3)4/h4-17,19-21H,18H2,1-3H3,(H,33,35);3-15,17H,16H2,1-2H3,(H,25,28);5-12,14-15H,13H2,1-4H3,(H,22,25). The Hall–Kier alpha value is -12.7. The normalized spacial score (nSPS) is 11.1. The Labute approximate surface area is 574 Å². The van der Waals surface area contributed by atoms with Crippen molar-refractivity contribution in [3.05, 3.63) is 261 Å². The molecule has 0 saturated heterocycles. The Balaban J connectivity index is 0.000000136. The van der Waals surface area contributed by atoms with Gasteiger partial charge in [0.05, 0.1) is 54.6 Å². The molecule has 0 fully saturated rings. The van der Waals surface area contributed by atoms with Gasteiger partial charge in [0, 0.05) is 180 Å². The van der Waals surface area contributed by atoms with Crippen LogP contribution in [0.5, 0.6) is 0 Å². The minimum Gasteiger partial charge on any atom is -0.378 e. The Morgan fingerprint density at radius 1 is 0.455 bits per heavy atom. The lowest BCUT2D eigenvalue weighted by molar-refractivity contribution is 0.0993. The van der Waals surface area contributed by atoms with E-state index >= 15 is 0 Å². The first kappa shape index (κ1) is 65.0. The number of hydrogen-bond donors (Lipinski definition) is 3. The second kappa shape index (κ2) is 29.1. The van der Waals surface area contributed by atoms with Gasteiger partial charge in [-0.1, -0.05) is 111 Å². The van der Waals surface area contributed by atoms with E-state index in [1.807, 2.05) is 243 Å². The maximum Gasteiger partial charge on any atom is 0.180 e. The van der Waals surface area contributed by atoms with E-state index in [9.17, 15) is 4.79 Å². The molecule has 496 valence electrons. The van der Waals surface area contributed by atoms with Crippen molar-refractivity contribution in [3.8, 4) is 45.0 Å². The molecule has 0 aliphatic carbocycles. The van der Waals surface area contributed by atoms with Crippen LogP contribution in [-0.2, 0) is 26.6 Å². The van der Waals surface area contributed by atoms with Crippen LogP contribution in [-0.4, -0.2) is 121 Å². The van der Waals surface area contributed by atoms with Crippen LogP contribution in [0, 0.1) is 5.92 Å². The molecule has 0 saturated carbocycles. The van der Waals surface area contributed by atoms with Gasteiger partial charge in [-0.2, -0.15) is 15.3 Å². The smallest absolute Gasteiger partial charge is 0.180 e. The van der Waals surface area contributed by atoms with Crippen LogP contribution in [0.2, 0.25) is 0 Å². The summed E-state index contributed by atoms with van der Waals surface area (Å²) in [5.74, 6) is 2.73. The number of nitrogens with zero attached hydrogens (tertiary/aromatic N) is 18. The van der Waals surface area contributed by atoms with Gasteiger partial charge in [0.2, 0.25) is 0 Å². The molecule has 0 spiro atoms. The number of ketones is 1. The summed E-state index contributed by atoms with van der Waals surface area (Å²) < 4.78 is 11.8. The number of carbonyl (C=O) groups excluding carboxylic acids is 1. The topological polar surface area (TPSA) is 207 Å². The molecule has 0 aliphatic rings. The highest BCUT2D eigenvalue weighted by atomic mass is 16.1. The third-order valence-corrected chi connectivity index (χ3v) is 16.5. The van der Waals surface area contributed by atoms with Crippen LogP contribution in [0.3, 0.4) is 0 Å². The third-order valence-electron chi connectivity index (χ3n) is 16.5. The quantitative estimate of drug-likeness (QED) is 0.0607. The lowest BCUT2D eigenvalue weighted by atomic mass is 9.99. The molecule has 9 heterocycles. The van der Waals surface area contributed by atoms with Gasteiger partial charge in [-0.25, -0.2) is 29.9 Å². The van der Waals surface area contributed by atoms with Gasteiger partial charge in [-0.3, -0.25) is 32.0 Å². The predicted octanol–water partition coefficient (Wildman–Crippen LogP) is 14.5. The summed E-state index contributed by atoms with van der Waals surface area (Å²) in [7, 11) is 14.0. The number of hydrogen-bond acceptors (Lipinski definition) is 16. The van der Waals surface area contributed by atoms with Crippen molar-refractivity contribution >= 4 is 74.3 Å². The molecule has 99 heavy (non-hydrogen) atoms. The van der Waals surface area contributed by atoms with E-state index in [4.69, 9.17) is 10.1 Å². The Kier molecular flexibility index (Phi) is 19.1. The maximum atomic E-state index is 12.8.